The number of carbonyl (C=O) groups is 1. The number of hydrogen-bond acceptors (Lipinski definition) is 6. The molecule has 3 saturated carbocycles. The number of methoxy groups -OCH3 is 1. The highest BCUT2D eigenvalue weighted by molar-refractivity contribution is 8.00. The summed E-state index contributed by atoms with van der Waals surface area (Å²) in [5.74, 6) is 3.39. The molecule has 0 saturated heterocycles. The summed E-state index contributed by atoms with van der Waals surface area (Å²) in [7, 11) is 1.34. The van der Waals surface area contributed by atoms with Gasteiger partial charge in [-0.2, -0.15) is 0 Å². The van der Waals surface area contributed by atoms with Crippen LogP contribution in [0.3, 0.4) is 0 Å². The SMILES string of the molecule is COC(=O)c1cc(F)c2c(c1)SC(CCC1C[C@H]3CC[C@H](COCc4c(-c5c(Cl)cccc5Cl)noc4C4CC4)[C@H]3C1)CCC2. The quantitative estimate of drug-likeness (QED) is 0.200. The number of thioether (sulfide) groups is 1. The van der Waals surface area contributed by atoms with Gasteiger partial charge in [-0.05, 0) is 119 Å². The number of rotatable bonds is 10. The van der Waals surface area contributed by atoms with Crippen molar-refractivity contribution in [3.63, 3.8) is 0 Å². The van der Waals surface area contributed by atoms with Gasteiger partial charge in [0.05, 0.1) is 35.9 Å². The zero-order chi connectivity index (χ0) is 31.1. The number of carbonyl (C=O) groups excluding carboxylic acids is 1. The maximum atomic E-state index is 14.8. The van der Waals surface area contributed by atoms with Crippen LogP contribution >= 0.6 is 35.0 Å². The number of nitrogens with zero attached hydrogens (tertiary/aromatic N) is 1. The first-order chi connectivity index (χ1) is 21.9. The molecule has 3 aromatic rings. The summed E-state index contributed by atoms with van der Waals surface area (Å²) in [6.45, 7) is 1.21. The Morgan fingerprint density at radius 2 is 1.91 bits per heavy atom. The number of fused-ring (bicyclic) bond motifs is 2. The van der Waals surface area contributed by atoms with Gasteiger partial charge in [0.25, 0.3) is 0 Å². The van der Waals surface area contributed by atoms with Crippen molar-refractivity contribution in [2.75, 3.05) is 13.7 Å². The molecule has 1 aliphatic heterocycles. The smallest absolute Gasteiger partial charge is 0.337 e. The highest BCUT2D eigenvalue weighted by atomic mass is 35.5. The molecular formula is C36H40Cl2FNO4S. The van der Waals surface area contributed by atoms with E-state index in [1.54, 1.807) is 11.8 Å². The minimum Gasteiger partial charge on any atom is -0.465 e. The van der Waals surface area contributed by atoms with Gasteiger partial charge < -0.3 is 14.0 Å². The van der Waals surface area contributed by atoms with Crippen molar-refractivity contribution in [3.8, 4) is 11.3 Å². The lowest BCUT2D eigenvalue weighted by atomic mass is 9.91. The van der Waals surface area contributed by atoms with Gasteiger partial charge >= 0.3 is 5.97 Å². The molecule has 45 heavy (non-hydrogen) atoms. The average molecular weight is 673 g/mol. The minimum atomic E-state index is -0.482. The first-order valence-corrected chi connectivity index (χ1v) is 18.1. The van der Waals surface area contributed by atoms with Crippen LogP contribution in [-0.4, -0.2) is 30.1 Å². The number of halogens is 3. The second-order valence-corrected chi connectivity index (χ2v) is 15.7. The third-order valence-corrected chi connectivity index (χ3v) is 12.7. The minimum absolute atomic E-state index is 0.283. The van der Waals surface area contributed by atoms with E-state index in [1.807, 2.05) is 24.3 Å². The summed E-state index contributed by atoms with van der Waals surface area (Å²) >= 11 is 14.9. The van der Waals surface area contributed by atoms with Crippen LogP contribution in [-0.2, 0) is 22.5 Å². The molecule has 9 heteroatoms. The van der Waals surface area contributed by atoms with Crippen molar-refractivity contribution < 1.29 is 23.2 Å². The Balaban J connectivity index is 0.944. The average Bonchev–Trinajstić information content (AvgIpc) is 3.58. The van der Waals surface area contributed by atoms with E-state index >= 15 is 0 Å². The summed E-state index contributed by atoms with van der Waals surface area (Å²) in [5.41, 5.74) is 3.48. The second-order valence-electron chi connectivity index (χ2n) is 13.5. The number of benzene rings is 2. The van der Waals surface area contributed by atoms with E-state index in [9.17, 15) is 9.18 Å². The first-order valence-electron chi connectivity index (χ1n) is 16.5. The predicted octanol–water partition coefficient (Wildman–Crippen LogP) is 10.3. The van der Waals surface area contributed by atoms with Gasteiger partial charge in [-0.1, -0.05) is 34.4 Å². The van der Waals surface area contributed by atoms with Crippen LogP contribution in [0.1, 0.15) is 97.4 Å². The lowest BCUT2D eigenvalue weighted by Crippen LogP contribution is -2.16. The van der Waals surface area contributed by atoms with E-state index in [0.29, 0.717) is 45.0 Å². The van der Waals surface area contributed by atoms with E-state index in [1.165, 1.54) is 45.3 Å². The van der Waals surface area contributed by atoms with Crippen molar-refractivity contribution in [1.82, 2.24) is 5.16 Å². The molecule has 240 valence electrons. The maximum absolute atomic E-state index is 14.8. The largest absolute Gasteiger partial charge is 0.465 e. The Bertz CT molecular complexity index is 1540. The molecule has 7 rings (SSSR count). The van der Waals surface area contributed by atoms with E-state index in [4.69, 9.17) is 37.2 Å². The van der Waals surface area contributed by atoms with E-state index < -0.39 is 5.97 Å². The van der Waals surface area contributed by atoms with Crippen LogP contribution in [0.5, 0.6) is 0 Å². The lowest BCUT2D eigenvalue weighted by molar-refractivity contribution is 0.0599. The van der Waals surface area contributed by atoms with E-state index in [-0.39, 0.29) is 5.82 Å². The third-order valence-electron chi connectivity index (χ3n) is 10.6. The fraction of sp³-hybridized carbons (Fsp3) is 0.556. The Morgan fingerprint density at radius 1 is 1.09 bits per heavy atom. The molecule has 1 aromatic heterocycles. The molecule has 0 amide bonds. The van der Waals surface area contributed by atoms with Crippen molar-refractivity contribution in [2.24, 2.45) is 23.7 Å². The molecule has 5 atom stereocenters. The molecule has 3 fully saturated rings. The van der Waals surface area contributed by atoms with Crippen LogP contribution in [0, 0.1) is 29.5 Å². The molecule has 0 radical (unpaired) electrons. The maximum Gasteiger partial charge on any atom is 0.337 e. The Morgan fingerprint density at radius 3 is 2.69 bits per heavy atom. The van der Waals surface area contributed by atoms with Gasteiger partial charge in [0, 0.05) is 32.8 Å². The van der Waals surface area contributed by atoms with Crippen molar-refractivity contribution in [2.45, 2.75) is 93.3 Å². The number of aromatic nitrogens is 1. The molecule has 2 unspecified atom stereocenters. The normalized spacial score (nSPS) is 26.0. The topological polar surface area (TPSA) is 61.6 Å². The molecule has 0 spiro atoms. The van der Waals surface area contributed by atoms with Crippen LogP contribution in [0.25, 0.3) is 11.3 Å². The number of esters is 1. The van der Waals surface area contributed by atoms with Gasteiger partial charge in [-0.25, -0.2) is 9.18 Å². The summed E-state index contributed by atoms with van der Waals surface area (Å²) in [6, 6.07) is 8.67. The second kappa shape index (κ2) is 13.6. The number of hydrogen-bond donors (Lipinski definition) is 0. The summed E-state index contributed by atoms with van der Waals surface area (Å²) in [4.78, 5) is 13.0. The Labute approximate surface area is 278 Å². The zero-order valence-corrected chi connectivity index (χ0v) is 28.0. The first kappa shape index (κ1) is 31.5. The molecule has 2 heterocycles. The monoisotopic (exact) mass is 671 g/mol. The van der Waals surface area contributed by atoms with Gasteiger partial charge in [0.15, 0.2) is 0 Å². The van der Waals surface area contributed by atoms with Crippen LogP contribution in [0.2, 0.25) is 10.0 Å². The third kappa shape index (κ3) is 6.70. The van der Waals surface area contributed by atoms with Gasteiger partial charge in [-0.3, -0.25) is 0 Å². The molecule has 5 nitrogen and oxygen atoms in total. The van der Waals surface area contributed by atoms with Crippen LogP contribution in [0.4, 0.5) is 4.39 Å². The van der Waals surface area contributed by atoms with Crippen molar-refractivity contribution in [1.29, 1.82) is 0 Å². The van der Waals surface area contributed by atoms with Gasteiger partial charge in [0.2, 0.25) is 0 Å². The number of ether oxygens (including phenoxy) is 2. The van der Waals surface area contributed by atoms with Gasteiger partial charge in [0.1, 0.15) is 17.3 Å². The van der Waals surface area contributed by atoms with Crippen molar-refractivity contribution in [3.05, 3.63) is 68.6 Å². The Kier molecular flexibility index (Phi) is 9.52. The summed E-state index contributed by atoms with van der Waals surface area (Å²) in [6.07, 6.45) is 12.5. The van der Waals surface area contributed by atoms with Crippen LogP contribution in [0.15, 0.2) is 39.8 Å². The van der Waals surface area contributed by atoms with Gasteiger partial charge in [-0.15, -0.1) is 11.8 Å². The molecule has 2 aromatic carbocycles. The van der Waals surface area contributed by atoms with Crippen molar-refractivity contribution >= 4 is 40.9 Å². The predicted molar refractivity (Wildman–Crippen MR) is 176 cm³/mol. The van der Waals surface area contributed by atoms with E-state index in [0.717, 1.165) is 90.2 Å². The Hall–Kier alpha value is -2.06. The molecule has 4 aliphatic rings. The molecule has 0 bridgehead atoms. The fourth-order valence-corrected chi connectivity index (χ4v) is 10.2. The standard InChI is InChI=1S/C36H40Cl2FNO4S/c1-42-36(41)24-16-31(39)26-5-2-4-25(45-32(26)17-24)13-8-20-14-22-11-12-23(27(22)15-20)18-43-19-28-34(40-44-35(28)21-9-10-21)33-29(37)6-3-7-30(33)38/h3,6-7,16-17,20-23,25,27H,2,4-5,8-15,18-19H2,1H3/t20?,22-,23-,25?,27+/m1/s1. The molecule has 0 N–H and O–H groups in total. The lowest BCUT2D eigenvalue weighted by Gasteiger charge is -2.20. The van der Waals surface area contributed by atoms with Crippen LogP contribution < -0.4 is 0 Å². The zero-order valence-electron chi connectivity index (χ0n) is 25.7. The molecule has 3 aliphatic carbocycles. The highest BCUT2D eigenvalue weighted by Crippen LogP contribution is 2.52. The van der Waals surface area contributed by atoms with E-state index in [2.05, 4.69) is 5.16 Å². The molecular weight excluding hydrogens is 632 g/mol. The summed E-state index contributed by atoms with van der Waals surface area (Å²) in [5, 5.41) is 6.00. The fourth-order valence-electron chi connectivity index (χ4n) is 8.20. The highest BCUT2D eigenvalue weighted by Gasteiger charge is 2.43. The summed E-state index contributed by atoms with van der Waals surface area (Å²) < 4.78 is 32.0.